The number of carbonyl (C=O) groups is 4. The van der Waals surface area contributed by atoms with Gasteiger partial charge in [0.05, 0.1) is 39.6 Å². The number of furan rings is 1. The topological polar surface area (TPSA) is 178 Å². The van der Waals surface area contributed by atoms with Gasteiger partial charge in [-0.25, -0.2) is 18.4 Å². The summed E-state index contributed by atoms with van der Waals surface area (Å²) in [6.45, 7) is 9.32. The number of amides is 3. The Bertz CT molecular complexity index is 2580. The van der Waals surface area contributed by atoms with Crippen LogP contribution < -0.4 is 9.46 Å². The average molecular weight is 866 g/mol. The van der Waals surface area contributed by atoms with Gasteiger partial charge in [0.2, 0.25) is 27.4 Å². The lowest BCUT2D eigenvalue weighted by atomic mass is 9.77. The van der Waals surface area contributed by atoms with E-state index in [1.165, 1.54) is 34.9 Å². The van der Waals surface area contributed by atoms with E-state index < -0.39 is 79.4 Å². The van der Waals surface area contributed by atoms with E-state index in [0.717, 1.165) is 12.1 Å². The molecule has 13 nitrogen and oxygen atoms in total. The first-order chi connectivity index (χ1) is 28.3. The maximum absolute atomic E-state index is 14.8. The van der Waals surface area contributed by atoms with Crippen LogP contribution in [0.2, 0.25) is 0 Å². The molecule has 5 atom stereocenters. The lowest BCUT2D eigenvalue weighted by molar-refractivity contribution is -0.144. The van der Waals surface area contributed by atoms with Crippen molar-refractivity contribution in [3.63, 3.8) is 0 Å². The zero-order valence-electron chi connectivity index (χ0n) is 33.0. The first kappa shape index (κ1) is 41.6. The minimum absolute atomic E-state index is 0.0478. The molecule has 60 heavy (non-hydrogen) atoms. The number of nitrogens with zero attached hydrogens (tertiary/aromatic N) is 4. The fourth-order valence-corrected chi connectivity index (χ4v) is 10.3. The van der Waals surface area contributed by atoms with E-state index in [1.807, 2.05) is 20.8 Å². The molecule has 316 valence electrons. The molecule has 0 spiro atoms. The normalized spacial score (nSPS) is 23.8. The molecule has 2 aromatic carbocycles. The minimum atomic E-state index is -4.56. The second-order valence-corrected chi connectivity index (χ2v) is 20.0. The van der Waals surface area contributed by atoms with Gasteiger partial charge in [0, 0.05) is 36.1 Å². The number of carbonyl (C=O) groups excluding carboxylic acids is 4. The van der Waals surface area contributed by atoms with Crippen LogP contribution in [0, 0.1) is 22.7 Å². The third-order valence-corrected chi connectivity index (χ3v) is 14.5. The van der Waals surface area contributed by atoms with Crippen molar-refractivity contribution >= 4 is 72.4 Å². The summed E-state index contributed by atoms with van der Waals surface area (Å²) in [6, 6.07) is 10.3. The highest BCUT2D eigenvalue weighted by molar-refractivity contribution is 8.15. The summed E-state index contributed by atoms with van der Waals surface area (Å²) < 4.78 is 80.9. The van der Waals surface area contributed by atoms with Crippen molar-refractivity contribution in [3.8, 4) is 17.3 Å². The van der Waals surface area contributed by atoms with Crippen molar-refractivity contribution in [2.24, 2.45) is 27.7 Å². The number of halogens is 3. The van der Waals surface area contributed by atoms with Gasteiger partial charge in [-0.2, -0.15) is 18.2 Å². The summed E-state index contributed by atoms with van der Waals surface area (Å²) in [5, 5.41) is 0.436. The highest BCUT2D eigenvalue weighted by atomic mass is 32.2. The molecule has 8 rings (SSSR count). The van der Waals surface area contributed by atoms with E-state index in [-0.39, 0.29) is 66.7 Å². The summed E-state index contributed by atoms with van der Waals surface area (Å²) in [5.74, 6) is -3.03. The fourth-order valence-electron chi connectivity index (χ4n) is 8.07. The van der Waals surface area contributed by atoms with E-state index in [2.05, 4.69) is 26.3 Å². The number of ether oxygens (including phenoxy) is 1. The smallest absolute Gasteiger partial charge is 0.416 e. The van der Waals surface area contributed by atoms with Gasteiger partial charge in [0.25, 0.3) is 11.8 Å². The Kier molecular flexibility index (Phi) is 10.5. The number of benzene rings is 2. The molecule has 2 aliphatic carbocycles. The van der Waals surface area contributed by atoms with E-state index in [1.54, 1.807) is 24.3 Å². The molecule has 2 aromatic heterocycles. The van der Waals surface area contributed by atoms with Gasteiger partial charge in [0.1, 0.15) is 17.2 Å². The maximum atomic E-state index is 14.8. The van der Waals surface area contributed by atoms with Crippen LogP contribution in [0.3, 0.4) is 0 Å². The molecule has 0 radical (unpaired) electrons. The molecule has 0 unspecified atom stereocenters. The number of nitrogens with one attached hydrogen (secondary N) is 1. The number of aromatic nitrogens is 2. The van der Waals surface area contributed by atoms with E-state index in [4.69, 9.17) is 9.15 Å². The zero-order valence-corrected chi connectivity index (χ0v) is 34.6. The number of likely N-dealkylation sites (tertiary alicyclic amines) is 1. The van der Waals surface area contributed by atoms with Crippen LogP contribution in [0.15, 0.2) is 70.6 Å². The largest absolute Gasteiger partial charge is 0.470 e. The van der Waals surface area contributed by atoms with E-state index >= 15 is 0 Å². The second kappa shape index (κ2) is 15.1. The molecule has 4 aromatic rings. The summed E-state index contributed by atoms with van der Waals surface area (Å²) in [4.78, 5) is 70.0. The Morgan fingerprint density at radius 2 is 1.82 bits per heavy atom. The molecule has 1 saturated heterocycles. The van der Waals surface area contributed by atoms with Crippen molar-refractivity contribution in [2.45, 2.75) is 82.9 Å². The molecular weight excluding hydrogens is 824 g/mol. The number of alkyl halides is 3. The van der Waals surface area contributed by atoms with Crippen LogP contribution in [0.5, 0.6) is 5.88 Å². The predicted octanol–water partition coefficient (Wildman–Crippen LogP) is 6.89. The maximum Gasteiger partial charge on any atom is 0.416 e. The number of allylic oxidation sites excluding steroid dienone is 1. The SMILES string of the molecule is C=C[C@@H]1C[C@]1(CC(=O)[C@@H]1C[C@@H](Oc2nc(-c3ccc(C(F)(F)F)cc3)nc3c2oc2ccccc23)CN1C(=O)[C@@H](CC1=NC(=O)CS1)C(C)(C)C)C(=O)NS(=O)(=O)C1CC1. The van der Waals surface area contributed by atoms with Crippen LogP contribution in [0.25, 0.3) is 33.5 Å². The molecule has 2 saturated carbocycles. The van der Waals surface area contributed by atoms with Crippen LogP contribution in [-0.4, -0.2) is 81.5 Å². The molecule has 4 aliphatic rings. The van der Waals surface area contributed by atoms with Gasteiger partial charge in [-0.05, 0) is 54.9 Å². The molecule has 3 amide bonds. The fraction of sp³-hybridized carbons (Fsp3) is 0.452. The van der Waals surface area contributed by atoms with Crippen molar-refractivity contribution in [3.05, 3.63) is 66.7 Å². The lowest BCUT2D eigenvalue weighted by Gasteiger charge is -2.35. The van der Waals surface area contributed by atoms with Crippen LogP contribution in [0.4, 0.5) is 13.2 Å². The second-order valence-electron chi connectivity index (χ2n) is 17.0. The highest BCUT2D eigenvalue weighted by Crippen LogP contribution is 2.57. The number of thioether (sulfide) groups is 1. The monoisotopic (exact) mass is 865 g/mol. The van der Waals surface area contributed by atoms with Gasteiger partial charge >= 0.3 is 6.18 Å². The van der Waals surface area contributed by atoms with Crippen LogP contribution >= 0.6 is 11.8 Å². The van der Waals surface area contributed by atoms with Gasteiger partial charge in [0.15, 0.2) is 11.6 Å². The zero-order chi connectivity index (χ0) is 42.9. The molecule has 3 fully saturated rings. The first-order valence-corrected chi connectivity index (χ1v) is 22.1. The number of ketones is 1. The summed E-state index contributed by atoms with van der Waals surface area (Å²) >= 11 is 1.26. The predicted molar refractivity (Wildman–Crippen MR) is 217 cm³/mol. The third-order valence-electron chi connectivity index (χ3n) is 11.7. The number of para-hydroxylation sites is 1. The highest BCUT2D eigenvalue weighted by Gasteiger charge is 2.61. The Hall–Kier alpha value is -5.10. The van der Waals surface area contributed by atoms with Crippen LogP contribution in [0.1, 0.15) is 64.9 Å². The number of Topliss-reactive ketones (excluding diaryl/α,β-unsaturated/α-hetero) is 1. The molecule has 2 aliphatic heterocycles. The number of aliphatic imine (C=N–C) groups is 1. The Morgan fingerprint density at radius 1 is 1.10 bits per heavy atom. The quantitative estimate of drug-likeness (QED) is 0.138. The lowest BCUT2D eigenvalue weighted by Crippen LogP contribution is -2.48. The number of fused-ring (bicyclic) bond motifs is 3. The summed E-state index contributed by atoms with van der Waals surface area (Å²) in [6.07, 6.45) is -3.12. The standard InChI is InChI=1S/C42H42F3N5O8S2/c1-5-23-18-41(23,39(54)49-60(55,56)26-14-15-26)19-30(51)29-16-25(20-50(29)38(53)28(40(2,3)4)17-33-46-32(52)21-59-33)57-37-35-34(27-8-6-7-9-31(27)58-35)47-36(48-37)22-10-12-24(13-11-22)42(43,44)45/h5-13,23,25-26,28-29H,1,14-21H2,2-4H3,(H,49,54)/t23-,25-,28-,29+,41-/m1/s1. The molecule has 18 heteroatoms. The van der Waals surface area contributed by atoms with Gasteiger partial charge < -0.3 is 14.1 Å². The summed E-state index contributed by atoms with van der Waals surface area (Å²) in [7, 11) is -3.92. The number of hydrogen-bond donors (Lipinski definition) is 1. The van der Waals surface area contributed by atoms with Crippen LogP contribution in [-0.2, 0) is 35.4 Å². The van der Waals surface area contributed by atoms with E-state index in [9.17, 15) is 40.8 Å². The van der Waals surface area contributed by atoms with Crippen molar-refractivity contribution in [2.75, 3.05) is 12.3 Å². The van der Waals surface area contributed by atoms with E-state index in [0.29, 0.717) is 34.4 Å². The number of sulfonamides is 1. The van der Waals surface area contributed by atoms with Crippen molar-refractivity contribution in [1.82, 2.24) is 19.6 Å². The Labute approximate surface area is 347 Å². The molecular formula is C42H42F3N5O8S2. The van der Waals surface area contributed by atoms with Gasteiger partial charge in [-0.15, -0.1) is 18.3 Å². The van der Waals surface area contributed by atoms with Gasteiger partial charge in [-0.1, -0.05) is 51.1 Å². The average Bonchev–Trinajstić information content (AvgIpc) is 4.04. The molecule has 4 heterocycles. The van der Waals surface area contributed by atoms with Crippen molar-refractivity contribution < 1.29 is 49.9 Å². The van der Waals surface area contributed by atoms with Crippen molar-refractivity contribution in [1.29, 1.82) is 0 Å². The first-order valence-electron chi connectivity index (χ1n) is 19.6. The number of rotatable bonds is 13. The Morgan fingerprint density at radius 3 is 2.43 bits per heavy atom. The molecule has 0 bridgehead atoms. The number of hydrogen-bond acceptors (Lipinski definition) is 11. The third kappa shape index (κ3) is 8.07. The Balaban J connectivity index is 1.15. The summed E-state index contributed by atoms with van der Waals surface area (Å²) in [5.41, 5.74) is -1.70. The minimum Gasteiger partial charge on any atom is -0.470 e. The van der Waals surface area contributed by atoms with Gasteiger partial charge in [-0.3, -0.25) is 23.9 Å². The molecule has 1 N–H and O–H groups in total.